The maximum atomic E-state index is 12.5. The molecule has 1 aromatic carbocycles. The lowest BCUT2D eigenvalue weighted by molar-refractivity contribution is 0.0640. The average molecular weight is 416 g/mol. The number of nitrogen functional groups attached to an aromatic ring is 1. The zero-order valence-corrected chi connectivity index (χ0v) is 14.8. The van der Waals surface area contributed by atoms with Crippen molar-refractivity contribution in [2.75, 3.05) is 19.3 Å². The Morgan fingerprint density at radius 1 is 1.32 bits per heavy atom. The van der Waals surface area contributed by atoms with Crippen molar-refractivity contribution in [1.29, 1.82) is 0 Å². The molecule has 0 saturated heterocycles. The van der Waals surface area contributed by atoms with Crippen LogP contribution >= 0.6 is 31.9 Å². The molecule has 0 saturated carbocycles. The Bertz CT molecular complexity index is 559. The zero-order chi connectivity index (χ0) is 15.0. The number of anilines is 1. The summed E-state index contributed by atoms with van der Waals surface area (Å²) in [5.41, 5.74) is 4.97. The zero-order valence-electron chi connectivity index (χ0n) is 10.8. The van der Waals surface area contributed by atoms with Crippen LogP contribution in [0.1, 0.15) is 13.8 Å². The fourth-order valence-electron chi connectivity index (χ4n) is 1.61. The predicted molar refractivity (Wildman–Crippen MR) is 82.4 cm³/mol. The van der Waals surface area contributed by atoms with Crippen molar-refractivity contribution in [3.8, 4) is 0 Å². The highest BCUT2D eigenvalue weighted by Crippen LogP contribution is 2.34. The number of hydrogen-bond acceptors (Lipinski definition) is 4. The molecule has 0 heterocycles. The van der Waals surface area contributed by atoms with E-state index < -0.39 is 15.6 Å². The molecule has 0 aliphatic heterocycles. The Morgan fingerprint density at radius 3 is 2.11 bits per heavy atom. The summed E-state index contributed by atoms with van der Waals surface area (Å²) < 4.78 is 26.8. The molecule has 0 atom stereocenters. The Labute approximate surface area is 130 Å². The molecule has 8 heteroatoms. The van der Waals surface area contributed by atoms with Gasteiger partial charge in [-0.3, -0.25) is 0 Å². The molecule has 0 amide bonds. The van der Waals surface area contributed by atoms with E-state index in [1.807, 2.05) is 0 Å². The minimum absolute atomic E-state index is 0.0153. The van der Waals surface area contributed by atoms with E-state index in [1.54, 1.807) is 13.8 Å². The first-order valence-corrected chi connectivity index (χ1v) is 8.41. The van der Waals surface area contributed by atoms with Gasteiger partial charge in [-0.2, -0.15) is 4.31 Å². The number of hydrogen-bond donors (Lipinski definition) is 2. The maximum absolute atomic E-state index is 12.5. The Balaban J connectivity index is 3.29. The highest BCUT2D eigenvalue weighted by atomic mass is 79.9. The first-order valence-electron chi connectivity index (χ1n) is 5.38. The van der Waals surface area contributed by atoms with Gasteiger partial charge in [0.25, 0.3) is 0 Å². The van der Waals surface area contributed by atoms with Gasteiger partial charge < -0.3 is 10.8 Å². The number of likely N-dealkylation sites (N-methyl/N-ethyl adjacent to an activating group) is 1. The first-order chi connectivity index (χ1) is 8.45. The van der Waals surface area contributed by atoms with Crippen molar-refractivity contribution in [1.82, 2.24) is 4.31 Å². The molecule has 3 N–H and O–H groups in total. The second kappa shape index (κ2) is 5.69. The van der Waals surface area contributed by atoms with Crippen LogP contribution in [-0.2, 0) is 10.0 Å². The summed E-state index contributed by atoms with van der Waals surface area (Å²) in [6.07, 6.45) is 0. The van der Waals surface area contributed by atoms with Gasteiger partial charge in [0.1, 0.15) is 4.90 Å². The van der Waals surface area contributed by atoms with E-state index in [9.17, 15) is 13.5 Å². The minimum Gasteiger partial charge on any atom is -0.399 e. The van der Waals surface area contributed by atoms with Crippen molar-refractivity contribution >= 4 is 47.6 Å². The molecule has 0 fully saturated rings. The highest BCUT2D eigenvalue weighted by Gasteiger charge is 2.29. The summed E-state index contributed by atoms with van der Waals surface area (Å²) in [6.45, 7) is 3.08. The van der Waals surface area contributed by atoms with E-state index in [4.69, 9.17) is 5.73 Å². The van der Waals surface area contributed by atoms with Crippen LogP contribution in [0.2, 0.25) is 0 Å². The second-order valence-electron chi connectivity index (χ2n) is 4.89. The average Bonchev–Trinajstić information content (AvgIpc) is 2.11. The molecule has 1 rings (SSSR count). The fourth-order valence-corrected chi connectivity index (χ4v) is 5.47. The Morgan fingerprint density at radius 2 is 1.74 bits per heavy atom. The minimum atomic E-state index is -3.73. The number of rotatable bonds is 4. The second-order valence-corrected chi connectivity index (χ2v) is 8.58. The molecule has 1 aromatic rings. The van der Waals surface area contributed by atoms with Gasteiger partial charge >= 0.3 is 0 Å². The summed E-state index contributed by atoms with van der Waals surface area (Å²) in [5.74, 6) is 0. The van der Waals surface area contributed by atoms with Crippen LogP contribution in [0.15, 0.2) is 26.0 Å². The van der Waals surface area contributed by atoms with Gasteiger partial charge in [0.15, 0.2) is 0 Å². The number of sulfonamides is 1. The standard InChI is InChI=1S/C11H16Br2N2O3S/c1-11(2,16)6-15(3)19(17,18)10-8(12)4-7(14)5-9(10)13/h4-5,16H,6,14H2,1-3H3. The van der Waals surface area contributed by atoms with E-state index >= 15 is 0 Å². The smallest absolute Gasteiger partial charge is 0.245 e. The Kier molecular flexibility index (Phi) is 5.06. The van der Waals surface area contributed by atoms with Crippen molar-refractivity contribution in [3.63, 3.8) is 0 Å². The topological polar surface area (TPSA) is 83.6 Å². The molecular formula is C11H16Br2N2O3S. The normalized spacial score (nSPS) is 13.0. The molecule has 108 valence electrons. The van der Waals surface area contributed by atoms with Crippen molar-refractivity contribution in [2.45, 2.75) is 24.3 Å². The van der Waals surface area contributed by atoms with Gasteiger partial charge in [-0.05, 0) is 57.8 Å². The van der Waals surface area contributed by atoms with E-state index in [2.05, 4.69) is 31.9 Å². The molecule has 0 unspecified atom stereocenters. The molecule has 0 radical (unpaired) electrons. The third kappa shape index (κ3) is 4.16. The summed E-state index contributed by atoms with van der Waals surface area (Å²) in [5, 5.41) is 9.73. The third-order valence-electron chi connectivity index (χ3n) is 2.30. The highest BCUT2D eigenvalue weighted by molar-refractivity contribution is 9.11. The summed E-state index contributed by atoms with van der Waals surface area (Å²) in [6, 6.07) is 3.05. The van der Waals surface area contributed by atoms with E-state index in [0.717, 1.165) is 4.31 Å². The number of nitrogens with two attached hydrogens (primary N) is 1. The van der Waals surface area contributed by atoms with Crippen LogP contribution in [0.5, 0.6) is 0 Å². The van der Waals surface area contributed by atoms with Gasteiger partial charge in [-0.25, -0.2) is 8.42 Å². The molecule has 0 spiro atoms. The molecule has 0 aromatic heterocycles. The van der Waals surface area contributed by atoms with Crippen LogP contribution in [0.4, 0.5) is 5.69 Å². The van der Waals surface area contributed by atoms with Gasteiger partial charge in [-0.15, -0.1) is 0 Å². The number of aliphatic hydroxyl groups is 1. The molecule has 19 heavy (non-hydrogen) atoms. The van der Waals surface area contributed by atoms with Gasteiger partial charge in [0, 0.05) is 28.2 Å². The lowest BCUT2D eigenvalue weighted by atomic mass is 10.1. The lowest BCUT2D eigenvalue weighted by Gasteiger charge is -2.25. The van der Waals surface area contributed by atoms with Gasteiger partial charge in [0.05, 0.1) is 5.60 Å². The van der Waals surface area contributed by atoms with Crippen LogP contribution in [0.3, 0.4) is 0 Å². The SMILES string of the molecule is CN(CC(C)(C)O)S(=O)(=O)c1c(Br)cc(N)cc1Br. The maximum Gasteiger partial charge on any atom is 0.245 e. The quantitative estimate of drug-likeness (QED) is 0.738. The third-order valence-corrected chi connectivity index (χ3v) is 5.98. The van der Waals surface area contributed by atoms with Gasteiger partial charge in [0.2, 0.25) is 10.0 Å². The molecular weight excluding hydrogens is 400 g/mol. The predicted octanol–water partition coefficient (Wildman–Crippen LogP) is 2.19. The number of halogens is 2. The van der Waals surface area contributed by atoms with Crippen LogP contribution in [-0.4, -0.2) is 37.0 Å². The van der Waals surface area contributed by atoms with E-state index in [0.29, 0.717) is 14.6 Å². The molecule has 0 bridgehead atoms. The molecule has 0 aliphatic rings. The van der Waals surface area contributed by atoms with E-state index in [1.165, 1.54) is 19.2 Å². The summed E-state index contributed by atoms with van der Waals surface area (Å²) in [7, 11) is -2.31. The largest absolute Gasteiger partial charge is 0.399 e. The van der Waals surface area contributed by atoms with Crippen molar-refractivity contribution in [2.24, 2.45) is 0 Å². The van der Waals surface area contributed by atoms with Gasteiger partial charge in [-0.1, -0.05) is 0 Å². The first kappa shape index (κ1) is 16.9. The fraction of sp³-hybridized carbons (Fsp3) is 0.455. The van der Waals surface area contributed by atoms with Crippen LogP contribution in [0, 0.1) is 0 Å². The van der Waals surface area contributed by atoms with E-state index in [-0.39, 0.29) is 11.4 Å². The van der Waals surface area contributed by atoms with Crippen molar-refractivity contribution in [3.05, 3.63) is 21.1 Å². The molecule has 5 nitrogen and oxygen atoms in total. The summed E-state index contributed by atoms with van der Waals surface area (Å²) >= 11 is 6.41. The van der Waals surface area contributed by atoms with Crippen LogP contribution < -0.4 is 5.73 Å². The lowest BCUT2D eigenvalue weighted by Crippen LogP contribution is -2.39. The summed E-state index contributed by atoms with van der Waals surface area (Å²) in [4.78, 5) is 0.0912. The number of benzene rings is 1. The monoisotopic (exact) mass is 414 g/mol. The Hall–Kier alpha value is -0.150. The van der Waals surface area contributed by atoms with Crippen LogP contribution in [0.25, 0.3) is 0 Å². The molecule has 0 aliphatic carbocycles. The van der Waals surface area contributed by atoms with Crippen molar-refractivity contribution < 1.29 is 13.5 Å². The number of nitrogens with zero attached hydrogens (tertiary/aromatic N) is 1.